The lowest BCUT2D eigenvalue weighted by Gasteiger charge is -2.11. The van der Waals surface area contributed by atoms with Crippen LogP contribution in [0.2, 0.25) is 0 Å². The fourth-order valence-electron chi connectivity index (χ4n) is 1.34. The van der Waals surface area contributed by atoms with Crippen LogP contribution in [0.25, 0.3) is 0 Å². The smallest absolute Gasteiger partial charge is 0.228 e. The Morgan fingerprint density at radius 3 is 2.93 bits per heavy atom. The Labute approximate surface area is 89.5 Å². The van der Waals surface area contributed by atoms with Crippen LogP contribution in [0.5, 0.6) is 0 Å². The predicted molar refractivity (Wildman–Crippen MR) is 58.7 cm³/mol. The van der Waals surface area contributed by atoms with Gasteiger partial charge in [0.15, 0.2) is 0 Å². The van der Waals surface area contributed by atoms with Gasteiger partial charge >= 0.3 is 0 Å². The number of hydrogen-bond donors (Lipinski definition) is 1. The van der Waals surface area contributed by atoms with Crippen molar-refractivity contribution >= 4 is 17.9 Å². The van der Waals surface area contributed by atoms with Crippen molar-refractivity contribution in [3.8, 4) is 0 Å². The number of carbonyl (C=O) groups is 2. The number of allylic oxidation sites excluding steroid dienone is 1. The van der Waals surface area contributed by atoms with Crippen LogP contribution in [0.3, 0.4) is 0 Å². The Morgan fingerprint density at radius 1 is 1.53 bits per heavy atom. The first-order valence-corrected chi connectivity index (χ1v) is 5.15. The number of carbonyl (C=O) groups excluding carboxylic acids is 2. The third-order valence-electron chi connectivity index (χ3n) is 2.19. The molecule has 0 saturated carbocycles. The Bertz CT molecular complexity index is 295. The minimum absolute atomic E-state index is 0.00773. The lowest BCUT2D eigenvalue weighted by atomic mass is 10.0. The molecular weight excluding hydrogens is 192 g/mol. The molecule has 0 bridgehead atoms. The molecule has 0 aromatic heterocycles. The zero-order valence-electron chi connectivity index (χ0n) is 8.90. The zero-order valence-corrected chi connectivity index (χ0v) is 8.90. The van der Waals surface area contributed by atoms with Crippen LogP contribution in [-0.2, 0) is 9.59 Å². The first kappa shape index (κ1) is 11.6. The molecule has 1 amide bonds. The molecule has 0 fully saturated rings. The lowest BCUT2D eigenvalue weighted by Crippen LogP contribution is -2.32. The molecule has 4 nitrogen and oxygen atoms in total. The third-order valence-corrected chi connectivity index (χ3v) is 2.19. The van der Waals surface area contributed by atoms with Gasteiger partial charge in [0.1, 0.15) is 5.78 Å². The molecule has 1 aliphatic heterocycles. The summed E-state index contributed by atoms with van der Waals surface area (Å²) in [5.74, 6) is 0.00499. The number of nitrogens with zero attached hydrogens (tertiary/aromatic N) is 1. The molecule has 0 saturated heterocycles. The van der Waals surface area contributed by atoms with E-state index in [4.69, 9.17) is 0 Å². The van der Waals surface area contributed by atoms with E-state index in [1.165, 1.54) is 0 Å². The summed E-state index contributed by atoms with van der Waals surface area (Å²) in [5, 5.41) is 2.79. The standard InChI is InChI=1S/C11H16N2O2/c1-9(14)4-2-7-13-11(15)10-5-3-6-12-8-10/h3,6,8,10H,2,4-5,7H2,1H3,(H,13,15). The molecule has 1 rings (SSSR count). The predicted octanol–water partition coefficient (Wildman–Crippen LogP) is 1.08. The topological polar surface area (TPSA) is 58.5 Å². The van der Waals surface area contributed by atoms with Crippen molar-refractivity contribution in [3.05, 3.63) is 12.3 Å². The van der Waals surface area contributed by atoms with E-state index < -0.39 is 0 Å². The minimum Gasteiger partial charge on any atom is -0.356 e. The first-order chi connectivity index (χ1) is 7.20. The minimum atomic E-state index is -0.146. The summed E-state index contributed by atoms with van der Waals surface area (Å²) in [4.78, 5) is 26.1. The molecule has 0 radical (unpaired) electrons. The largest absolute Gasteiger partial charge is 0.356 e. The van der Waals surface area contributed by atoms with Crippen molar-refractivity contribution in [1.29, 1.82) is 0 Å². The summed E-state index contributed by atoms with van der Waals surface area (Å²) in [6, 6.07) is 0. The molecular formula is C11H16N2O2. The molecule has 1 aliphatic rings. The maximum absolute atomic E-state index is 11.5. The van der Waals surface area contributed by atoms with E-state index in [9.17, 15) is 9.59 Å². The van der Waals surface area contributed by atoms with E-state index in [1.54, 1.807) is 19.3 Å². The van der Waals surface area contributed by atoms with Crippen LogP contribution >= 0.6 is 0 Å². The zero-order chi connectivity index (χ0) is 11.1. The maximum atomic E-state index is 11.5. The highest BCUT2D eigenvalue weighted by molar-refractivity contribution is 5.94. The SMILES string of the molecule is CC(=O)CCCNC(=O)C1C=NC=CC1. The molecule has 82 valence electrons. The Morgan fingerprint density at radius 2 is 2.33 bits per heavy atom. The van der Waals surface area contributed by atoms with E-state index in [0.29, 0.717) is 25.8 Å². The second-order valence-electron chi connectivity index (χ2n) is 3.62. The number of hydrogen-bond acceptors (Lipinski definition) is 3. The molecule has 1 N–H and O–H groups in total. The van der Waals surface area contributed by atoms with Gasteiger partial charge in [0, 0.05) is 25.4 Å². The molecule has 15 heavy (non-hydrogen) atoms. The van der Waals surface area contributed by atoms with Gasteiger partial charge in [0.2, 0.25) is 5.91 Å². The number of aliphatic imine (C=N–C) groups is 1. The molecule has 0 aromatic carbocycles. The van der Waals surface area contributed by atoms with E-state index >= 15 is 0 Å². The average Bonchev–Trinajstić information content (AvgIpc) is 2.25. The van der Waals surface area contributed by atoms with E-state index in [0.717, 1.165) is 0 Å². The second kappa shape index (κ2) is 6.11. The molecule has 0 spiro atoms. The fourth-order valence-corrected chi connectivity index (χ4v) is 1.34. The summed E-state index contributed by atoms with van der Waals surface area (Å²) >= 11 is 0. The Kier molecular flexibility index (Phi) is 4.74. The second-order valence-corrected chi connectivity index (χ2v) is 3.62. The van der Waals surface area contributed by atoms with Crippen LogP contribution in [0.4, 0.5) is 0 Å². The summed E-state index contributed by atoms with van der Waals surface area (Å²) < 4.78 is 0. The summed E-state index contributed by atoms with van der Waals surface area (Å²) in [7, 11) is 0. The highest BCUT2D eigenvalue weighted by atomic mass is 16.2. The number of rotatable bonds is 5. The van der Waals surface area contributed by atoms with Gasteiger partial charge in [0.05, 0.1) is 5.92 Å². The van der Waals surface area contributed by atoms with Gasteiger partial charge in [-0.2, -0.15) is 0 Å². The molecule has 0 aromatic rings. The molecule has 1 unspecified atom stereocenters. The van der Waals surface area contributed by atoms with Crippen LogP contribution < -0.4 is 5.32 Å². The number of Topliss-reactive ketones (excluding diaryl/α,β-unsaturated/α-hetero) is 1. The third kappa shape index (κ3) is 4.54. The molecule has 1 heterocycles. The first-order valence-electron chi connectivity index (χ1n) is 5.15. The summed E-state index contributed by atoms with van der Waals surface area (Å²) in [5.41, 5.74) is 0. The van der Waals surface area contributed by atoms with E-state index in [1.807, 2.05) is 6.08 Å². The summed E-state index contributed by atoms with van der Waals surface area (Å²) in [6.45, 7) is 2.12. The number of ketones is 1. The Hall–Kier alpha value is -1.45. The average molecular weight is 208 g/mol. The summed E-state index contributed by atoms with van der Waals surface area (Å²) in [6.07, 6.45) is 7.17. The highest BCUT2D eigenvalue weighted by Gasteiger charge is 2.15. The van der Waals surface area contributed by atoms with Crippen LogP contribution in [0, 0.1) is 5.92 Å². The van der Waals surface area contributed by atoms with E-state index in [2.05, 4.69) is 10.3 Å². The molecule has 0 aliphatic carbocycles. The Balaban J connectivity index is 2.16. The van der Waals surface area contributed by atoms with Gasteiger partial charge < -0.3 is 10.1 Å². The lowest BCUT2D eigenvalue weighted by molar-refractivity contribution is -0.123. The maximum Gasteiger partial charge on any atom is 0.228 e. The van der Waals surface area contributed by atoms with Gasteiger partial charge in [-0.15, -0.1) is 0 Å². The van der Waals surface area contributed by atoms with Gasteiger partial charge in [0.25, 0.3) is 0 Å². The van der Waals surface area contributed by atoms with Gasteiger partial charge in [-0.3, -0.25) is 9.79 Å². The van der Waals surface area contributed by atoms with Crippen molar-refractivity contribution in [2.75, 3.05) is 6.54 Å². The molecule has 4 heteroatoms. The van der Waals surface area contributed by atoms with Crippen molar-refractivity contribution in [2.24, 2.45) is 10.9 Å². The van der Waals surface area contributed by atoms with Gasteiger partial charge in [-0.25, -0.2) is 0 Å². The van der Waals surface area contributed by atoms with Crippen molar-refractivity contribution < 1.29 is 9.59 Å². The quantitative estimate of drug-likeness (QED) is 0.687. The van der Waals surface area contributed by atoms with Gasteiger partial charge in [-0.1, -0.05) is 6.08 Å². The van der Waals surface area contributed by atoms with Crippen molar-refractivity contribution in [1.82, 2.24) is 5.32 Å². The van der Waals surface area contributed by atoms with Crippen molar-refractivity contribution in [2.45, 2.75) is 26.2 Å². The fraction of sp³-hybridized carbons (Fsp3) is 0.545. The number of nitrogens with one attached hydrogen (secondary N) is 1. The van der Waals surface area contributed by atoms with Gasteiger partial charge in [-0.05, 0) is 19.8 Å². The van der Waals surface area contributed by atoms with E-state index in [-0.39, 0.29) is 17.6 Å². The molecule has 1 atom stereocenters. The van der Waals surface area contributed by atoms with Crippen molar-refractivity contribution in [3.63, 3.8) is 0 Å². The number of amides is 1. The van der Waals surface area contributed by atoms with Crippen LogP contribution in [0.15, 0.2) is 17.3 Å². The normalized spacial score (nSPS) is 18.9. The van der Waals surface area contributed by atoms with Crippen LogP contribution in [-0.4, -0.2) is 24.4 Å². The monoisotopic (exact) mass is 208 g/mol. The van der Waals surface area contributed by atoms with Crippen LogP contribution in [0.1, 0.15) is 26.2 Å². The highest BCUT2D eigenvalue weighted by Crippen LogP contribution is 2.06.